The average Bonchev–Trinajstić information content (AvgIpc) is 2.62. The van der Waals surface area contributed by atoms with Gasteiger partial charge in [-0.15, -0.1) is 0 Å². The number of pyridine rings is 1. The molecule has 2 N–H and O–H groups in total. The van der Waals surface area contributed by atoms with Gasteiger partial charge in [0.15, 0.2) is 0 Å². The van der Waals surface area contributed by atoms with E-state index in [-0.39, 0.29) is 5.69 Å². The molecule has 0 saturated heterocycles. The van der Waals surface area contributed by atoms with Gasteiger partial charge in [-0.05, 0) is 25.3 Å². The van der Waals surface area contributed by atoms with Crippen LogP contribution in [0.4, 0.5) is 11.5 Å². The number of aryl methyl sites for hydroxylation is 1. The molecule has 0 unspecified atom stereocenters. The van der Waals surface area contributed by atoms with Crippen LogP contribution in [0.15, 0.2) is 12.3 Å². The molecule has 0 spiro atoms. The van der Waals surface area contributed by atoms with Crippen LogP contribution in [0.5, 0.6) is 0 Å². The summed E-state index contributed by atoms with van der Waals surface area (Å²) in [6.07, 6.45) is 7.29. The van der Waals surface area contributed by atoms with E-state index in [9.17, 15) is 15.2 Å². The van der Waals surface area contributed by atoms with Gasteiger partial charge < -0.3 is 10.4 Å². The number of anilines is 1. The maximum absolute atomic E-state index is 10.7. The van der Waals surface area contributed by atoms with Crippen molar-refractivity contribution in [3.8, 4) is 0 Å². The number of aliphatic hydroxyl groups is 1. The van der Waals surface area contributed by atoms with Gasteiger partial charge in [-0.2, -0.15) is 0 Å². The van der Waals surface area contributed by atoms with E-state index in [0.717, 1.165) is 31.2 Å². The third kappa shape index (κ3) is 3.66. The molecule has 1 saturated carbocycles. The van der Waals surface area contributed by atoms with E-state index in [4.69, 9.17) is 0 Å². The van der Waals surface area contributed by atoms with Crippen LogP contribution in [-0.2, 0) is 0 Å². The van der Waals surface area contributed by atoms with Gasteiger partial charge in [0, 0.05) is 12.6 Å². The Labute approximate surface area is 118 Å². The smallest absolute Gasteiger partial charge is 0.287 e. The van der Waals surface area contributed by atoms with E-state index in [2.05, 4.69) is 10.3 Å². The summed E-state index contributed by atoms with van der Waals surface area (Å²) in [5.74, 6) is 0.605. The quantitative estimate of drug-likeness (QED) is 0.502. The van der Waals surface area contributed by atoms with Crippen LogP contribution in [-0.4, -0.2) is 27.2 Å². The number of nitrogens with one attached hydrogen (secondary N) is 1. The second kappa shape index (κ2) is 6.17. The Kier molecular flexibility index (Phi) is 4.54. The first kappa shape index (κ1) is 14.7. The van der Waals surface area contributed by atoms with Crippen molar-refractivity contribution in [2.24, 2.45) is 0 Å². The molecule has 1 heterocycles. The Balaban J connectivity index is 2.01. The maximum Gasteiger partial charge on any atom is 0.287 e. The third-order valence-electron chi connectivity index (χ3n) is 3.89. The monoisotopic (exact) mass is 279 g/mol. The highest BCUT2D eigenvalue weighted by Crippen LogP contribution is 2.27. The van der Waals surface area contributed by atoms with Crippen molar-refractivity contribution in [1.82, 2.24) is 4.98 Å². The molecule has 6 nitrogen and oxygen atoms in total. The predicted octanol–water partition coefficient (Wildman–Crippen LogP) is 2.80. The van der Waals surface area contributed by atoms with Crippen LogP contribution in [0.1, 0.15) is 44.1 Å². The molecule has 0 bridgehead atoms. The summed E-state index contributed by atoms with van der Waals surface area (Å²) in [5, 5.41) is 24.3. The van der Waals surface area contributed by atoms with E-state index < -0.39 is 10.5 Å². The van der Waals surface area contributed by atoms with Crippen molar-refractivity contribution in [2.45, 2.75) is 51.0 Å². The minimum atomic E-state index is -0.688. The first-order chi connectivity index (χ1) is 9.50. The zero-order valence-electron chi connectivity index (χ0n) is 11.8. The summed E-state index contributed by atoms with van der Waals surface area (Å²) in [6, 6.07) is 1.49. The van der Waals surface area contributed by atoms with Crippen molar-refractivity contribution >= 4 is 11.5 Å². The lowest BCUT2D eigenvalue weighted by Gasteiger charge is -2.27. The van der Waals surface area contributed by atoms with E-state index in [1.54, 1.807) is 6.92 Å². The Morgan fingerprint density at radius 2 is 2.05 bits per heavy atom. The predicted molar refractivity (Wildman–Crippen MR) is 76.8 cm³/mol. The molecule has 1 aromatic rings. The van der Waals surface area contributed by atoms with Crippen LogP contribution in [0.2, 0.25) is 0 Å². The lowest BCUT2D eigenvalue weighted by atomic mass is 9.94. The Morgan fingerprint density at radius 1 is 1.40 bits per heavy atom. The molecule has 1 aliphatic rings. The molecule has 0 radical (unpaired) electrons. The molecule has 0 atom stereocenters. The number of rotatable bonds is 4. The number of nitro groups is 1. The van der Waals surface area contributed by atoms with E-state index in [1.165, 1.54) is 25.1 Å². The SMILES string of the molecule is Cc1cc([N+](=O)[O-])cnc1NCC1(O)CCCCCC1. The molecular formula is C14H21N3O3. The molecule has 0 aromatic carbocycles. The molecule has 6 heteroatoms. The van der Waals surface area contributed by atoms with Crippen LogP contribution in [0.25, 0.3) is 0 Å². The van der Waals surface area contributed by atoms with E-state index in [1.807, 2.05) is 0 Å². The number of hydrogen-bond donors (Lipinski definition) is 2. The minimum absolute atomic E-state index is 0.0128. The number of nitrogens with zero attached hydrogens (tertiary/aromatic N) is 2. The lowest BCUT2D eigenvalue weighted by molar-refractivity contribution is -0.385. The summed E-state index contributed by atoms with van der Waals surface area (Å²) in [4.78, 5) is 14.3. The second-order valence-corrected chi connectivity index (χ2v) is 5.61. The topological polar surface area (TPSA) is 88.3 Å². The molecule has 0 aliphatic heterocycles. The molecule has 20 heavy (non-hydrogen) atoms. The average molecular weight is 279 g/mol. The van der Waals surface area contributed by atoms with Crippen molar-refractivity contribution in [2.75, 3.05) is 11.9 Å². The van der Waals surface area contributed by atoms with Gasteiger partial charge in [-0.25, -0.2) is 4.98 Å². The minimum Gasteiger partial charge on any atom is -0.388 e. The fourth-order valence-electron chi connectivity index (χ4n) is 2.66. The molecule has 1 fully saturated rings. The lowest BCUT2D eigenvalue weighted by Crippen LogP contribution is -2.36. The zero-order valence-corrected chi connectivity index (χ0v) is 11.8. The summed E-state index contributed by atoms with van der Waals surface area (Å²) < 4.78 is 0. The van der Waals surface area contributed by atoms with Gasteiger partial charge in [-0.3, -0.25) is 10.1 Å². The highest BCUT2D eigenvalue weighted by atomic mass is 16.6. The summed E-state index contributed by atoms with van der Waals surface area (Å²) >= 11 is 0. The van der Waals surface area contributed by atoms with Gasteiger partial charge in [-0.1, -0.05) is 25.7 Å². The van der Waals surface area contributed by atoms with Gasteiger partial charge in [0.05, 0.1) is 10.5 Å². The molecule has 1 aliphatic carbocycles. The highest BCUT2D eigenvalue weighted by molar-refractivity contribution is 5.48. The molecular weight excluding hydrogens is 258 g/mol. The van der Waals surface area contributed by atoms with Gasteiger partial charge in [0.1, 0.15) is 12.0 Å². The summed E-state index contributed by atoms with van der Waals surface area (Å²) in [7, 11) is 0. The Morgan fingerprint density at radius 3 is 2.60 bits per heavy atom. The van der Waals surface area contributed by atoms with Crippen LogP contribution < -0.4 is 5.32 Å². The van der Waals surface area contributed by atoms with Crippen LogP contribution >= 0.6 is 0 Å². The zero-order chi connectivity index (χ0) is 14.6. The molecule has 1 aromatic heterocycles. The van der Waals surface area contributed by atoms with E-state index in [0.29, 0.717) is 12.4 Å². The fraction of sp³-hybridized carbons (Fsp3) is 0.643. The molecule has 0 amide bonds. The van der Waals surface area contributed by atoms with Crippen molar-refractivity contribution in [1.29, 1.82) is 0 Å². The third-order valence-corrected chi connectivity index (χ3v) is 3.89. The normalized spacial score (nSPS) is 18.3. The summed E-state index contributed by atoms with van der Waals surface area (Å²) in [5.41, 5.74) is 0.0181. The first-order valence-electron chi connectivity index (χ1n) is 7.07. The Bertz CT molecular complexity index is 483. The standard InChI is InChI=1S/C14H21N3O3/c1-11-8-12(17(19)20)9-15-13(11)16-10-14(18)6-4-2-3-5-7-14/h8-9,18H,2-7,10H2,1H3,(H,15,16). The molecule has 110 valence electrons. The first-order valence-corrected chi connectivity index (χ1v) is 7.07. The van der Waals surface area contributed by atoms with E-state index >= 15 is 0 Å². The van der Waals surface area contributed by atoms with Crippen LogP contribution in [0.3, 0.4) is 0 Å². The van der Waals surface area contributed by atoms with Crippen LogP contribution in [0, 0.1) is 17.0 Å². The number of aromatic nitrogens is 1. The summed E-state index contributed by atoms with van der Waals surface area (Å²) in [6.45, 7) is 2.22. The maximum atomic E-state index is 10.7. The van der Waals surface area contributed by atoms with Crippen molar-refractivity contribution < 1.29 is 10.0 Å². The van der Waals surface area contributed by atoms with Crippen molar-refractivity contribution in [3.63, 3.8) is 0 Å². The largest absolute Gasteiger partial charge is 0.388 e. The number of hydrogen-bond acceptors (Lipinski definition) is 5. The van der Waals surface area contributed by atoms with Gasteiger partial charge >= 0.3 is 0 Å². The van der Waals surface area contributed by atoms with Gasteiger partial charge in [0.25, 0.3) is 5.69 Å². The highest BCUT2D eigenvalue weighted by Gasteiger charge is 2.28. The molecule has 2 rings (SSSR count). The Hall–Kier alpha value is -1.69. The second-order valence-electron chi connectivity index (χ2n) is 5.61. The fourth-order valence-corrected chi connectivity index (χ4v) is 2.66. The van der Waals surface area contributed by atoms with Gasteiger partial charge in [0.2, 0.25) is 0 Å². The van der Waals surface area contributed by atoms with Crippen molar-refractivity contribution in [3.05, 3.63) is 27.9 Å².